The van der Waals surface area contributed by atoms with Crippen molar-refractivity contribution in [2.24, 2.45) is 11.8 Å². The number of pyridine rings is 1. The Bertz CT molecular complexity index is 985. The maximum Gasteiger partial charge on any atom is 0.272 e. The van der Waals surface area contributed by atoms with Gasteiger partial charge in [0.05, 0.1) is 0 Å². The number of carbonyl (C=O) groups is 2. The Hall–Kier alpha value is -3.22. The Morgan fingerprint density at radius 2 is 1.96 bits per heavy atom. The predicted molar refractivity (Wildman–Crippen MR) is 104 cm³/mol. The minimum absolute atomic E-state index is 0.0815. The summed E-state index contributed by atoms with van der Waals surface area (Å²) < 4.78 is 1.55. The van der Waals surface area contributed by atoms with Crippen molar-refractivity contribution < 1.29 is 9.59 Å². The van der Waals surface area contributed by atoms with Crippen LogP contribution in [0.3, 0.4) is 0 Å². The molecule has 144 valence electrons. The number of nitrogens with one attached hydrogen (secondary N) is 1. The molecule has 0 aliphatic heterocycles. The number of hydrogen-bond donors (Lipinski definition) is 1. The third-order valence-corrected chi connectivity index (χ3v) is 5.15. The van der Waals surface area contributed by atoms with Crippen LogP contribution in [0.1, 0.15) is 29.4 Å². The van der Waals surface area contributed by atoms with Gasteiger partial charge in [-0.15, -0.1) is 0 Å². The van der Waals surface area contributed by atoms with Gasteiger partial charge in [0.15, 0.2) is 5.65 Å². The smallest absolute Gasteiger partial charge is 0.272 e. The highest BCUT2D eigenvalue weighted by molar-refractivity contribution is 5.93. The lowest BCUT2D eigenvalue weighted by Gasteiger charge is -2.23. The number of amides is 2. The van der Waals surface area contributed by atoms with Crippen LogP contribution in [0.15, 0.2) is 54.9 Å². The lowest BCUT2D eigenvalue weighted by atomic mass is 10.2. The highest BCUT2D eigenvalue weighted by atomic mass is 16.2. The second-order valence-electron chi connectivity index (χ2n) is 7.26. The van der Waals surface area contributed by atoms with Crippen LogP contribution in [0.25, 0.3) is 5.65 Å². The second-order valence-corrected chi connectivity index (χ2v) is 7.26. The summed E-state index contributed by atoms with van der Waals surface area (Å²) in [5.74, 6) is 0.529. The first-order valence-corrected chi connectivity index (χ1v) is 9.53. The normalized spacial score (nSPS) is 18.0. The highest BCUT2D eigenvalue weighted by Gasteiger charge is 2.38. The van der Waals surface area contributed by atoms with Gasteiger partial charge in [0.25, 0.3) is 5.91 Å². The van der Waals surface area contributed by atoms with E-state index in [0.29, 0.717) is 36.9 Å². The first kappa shape index (κ1) is 18.2. The summed E-state index contributed by atoms with van der Waals surface area (Å²) in [5, 5.41) is 7.13. The van der Waals surface area contributed by atoms with Crippen LogP contribution in [0, 0.1) is 11.8 Å². The molecule has 7 heteroatoms. The summed E-state index contributed by atoms with van der Waals surface area (Å²) in [6.45, 7) is 3.38. The van der Waals surface area contributed by atoms with Crippen LogP contribution in [0.4, 0.5) is 0 Å². The summed E-state index contributed by atoms with van der Waals surface area (Å²) in [6, 6.07) is 15.2. The molecule has 2 heterocycles. The van der Waals surface area contributed by atoms with Crippen LogP contribution in [0.5, 0.6) is 0 Å². The van der Waals surface area contributed by atoms with E-state index in [-0.39, 0.29) is 17.7 Å². The minimum atomic E-state index is -0.144. The van der Waals surface area contributed by atoms with Crippen molar-refractivity contribution in [1.82, 2.24) is 24.8 Å². The number of carbonyl (C=O) groups excluding carboxylic acids is 2. The van der Waals surface area contributed by atoms with Crippen molar-refractivity contribution in [3.63, 3.8) is 0 Å². The van der Waals surface area contributed by atoms with Crippen LogP contribution in [0.2, 0.25) is 0 Å². The van der Waals surface area contributed by atoms with Gasteiger partial charge >= 0.3 is 0 Å². The molecule has 3 aromatic rings. The maximum absolute atomic E-state index is 13.3. The molecule has 4 rings (SSSR count). The number of nitrogens with zero attached hydrogens (tertiary/aromatic N) is 4. The fourth-order valence-corrected chi connectivity index (χ4v) is 3.36. The monoisotopic (exact) mass is 377 g/mol. The Morgan fingerprint density at radius 3 is 2.71 bits per heavy atom. The van der Waals surface area contributed by atoms with Crippen molar-refractivity contribution in [2.75, 3.05) is 13.1 Å². The van der Waals surface area contributed by atoms with Crippen molar-refractivity contribution in [1.29, 1.82) is 0 Å². The molecule has 1 aliphatic carbocycles. The number of benzene rings is 1. The van der Waals surface area contributed by atoms with Gasteiger partial charge in [-0.05, 0) is 30.0 Å². The SMILES string of the molecule is CC1CC1C(=O)NCCN(Cc1ccccc1)C(=O)c1cccc2ncnn12. The number of fused-ring (bicyclic) bond motifs is 1. The first-order chi connectivity index (χ1) is 13.6. The van der Waals surface area contributed by atoms with E-state index in [9.17, 15) is 9.59 Å². The Kier molecular flexibility index (Phi) is 5.06. The zero-order valence-corrected chi connectivity index (χ0v) is 15.8. The lowest BCUT2D eigenvalue weighted by Crippen LogP contribution is -2.39. The van der Waals surface area contributed by atoms with E-state index >= 15 is 0 Å². The molecule has 2 atom stereocenters. The van der Waals surface area contributed by atoms with Crippen LogP contribution in [-0.2, 0) is 11.3 Å². The van der Waals surface area contributed by atoms with Crippen molar-refractivity contribution in [3.05, 3.63) is 66.1 Å². The van der Waals surface area contributed by atoms with Gasteiger partial charge in [0.1, 0.15) is 12.0 Å². The van der Waals surface area contributed by atoms with E-state index in [0.717, 1.165) is 12.0 Å². The molecule has 7 nitrogen and oxygen atoms in total. The lowest BCUT2D eigenvalue weighted by molar-refractivity contribution is -0.122. The molecule has 0 bridgehead atoms. The molecular formula is C21H23N5O2. The summed E-state index contributed by atoms with van der Waals surface area (Å²) in [4.78, 5) is 31.2. The first-order valence-electron chi connectivity index (χ1n) is 9.53. The van der Waals surface area contributed by atoms with Crippen molar-refractivity contribution in [2.45, 2.75) is 19.9 Å². The maximum atomic E-state index is 13.3. The van der Waals surface area contributed by atoms with E-state index in [2.05, 4.69) is 22.3 Å². The van der Waals surface area contributed by atoms with Crippen molar-refractivity contribution >= 4 is 17.5 Å². The second kappa shape index (κ2) is 7.80. The zero-order chi connectivity index (χ0) is 19.5. The fourth-order valence-electron chi connectivity index (χ4n) is 3.36. The van der Waals surface area contributed by atoms with E-state index in [4.69, 9.17) is 0 Å². The molecule has 1 aliphatic rings. The van der Waals surface area contributed by atoms with Gasteiger partial charge in [0.2, 0.25) is 5.91 Å². The topological polar surface area (TPSA) is 79.6 Å². The molecule has 0 saturated heterocycles. The highest BCUT2D eigenvalue weighted by Crippen LogP contribution is 2.37. The number of hydrogen-bond acceptors (Lipinski definition) is 4. The average molecular weight is 377 g/mol. The fraction of sp³-hybridized carbons (Fsp3) is 0.333. The van der Waals surface area contributed by atoms with Gasteiger partial charge in [-0.3, -0.25) is 9.59 Å². The van der Waals surface area contributed by atoms with Gasteiger partial charge in [-0.25, -0.2) is 9.50 Å². The Balaban J connectivity index is 1.50. The molecule has 0 spiro atoms. The summed E-state index contributed by atoms with van der Waals surface area (Å²) >= 11 is 0. The third kappa shape index (κ3) is 3.88. The standard InChI is InChI=1S/C21H23N5O2/c1-15-12-17(15)20(27)22-10-11-25(13-16-6-3-2-4-7-16)21(28)18-8-5-9-19-23-14-24-26(18)19/h2-9,14-15,17H,10-13H2,1H3,(H,22,27). The van der Waals surface area contributed by atoms with E-state index in [1.165, 1.54) is 6.33 Å². The number of aromatic nitrogens is 3. The third-order valence-electron chi connectivity index (χ3n) is 5.15. The van der Waals surface area contributed by atoms with Gasteiger partial charge in [-0.2, -0.15) is 5.10 Å². The molecule has 0 radical (unpaired) electrons. The van der Waals surface area contributed by atoms with E-state index in [1.54, 1.807) is 21.5 Å². The molecule has 2 unspecified atom stereocenters. The van der Waals surface area contributed by atoms with Crippen LogP contribution >= 0.6 is 0 Å². The summed E-state index contributed by atoms with van der Waals surface area (Å²) in [6.07, 6.45) is 2.39. The number of rotatable bonds is 7. The molecule has 2 amide bonds. The molecule has 28 heavy (non-hydrogen) atoms. The van der Waals surface area contributed by atoms with Crippen molar-refractivity contribution in [3.8, 4) is 0 Å². The summed E-state index contributed by atoms with van der Waals surface area (Å²) in [7, 11) is 0. The Labute approximate surface area is 163 Å². The molecule has 1 aromatic carbocycles. The molecule has 2 aromatic heterocycles. The molecule has 1 fully saturated rings. The average Bonchev–Trinajstić information content (AvgIpc) is 3.25. The van der Waals surface area contributed by atoms with Gasteiger partial charge < -0.3 is 10.2 Å². The largest absolute Gasteiger partial charge is 0.354 e. The Morgan fingerprint density at radius 1 is 1.18 bits per heavy atom. The molecule has 1 saturated carbocycles. The predicted octanol–water partition coefficient (Wildman–Crippen LogP) is 2.14. The van der Waals surface area contributed by atoms with Crippen LogP contribution < -0.4 is 5.32 Å². The zero-order valence-electron chi connectivity index (χ0n) is 15.8. The minimum Gasteiger partial charge on any atom is -0.354 e. The van der Waals surface area contributed by atoms with Crippen LogP contribution in [-0.4, -0.2) is 44.4 Å². The summed E-state index contributed by atoms with van der Waals surface area (Å²) in [5.41, 5.74) is 2.11. The van der Waals surface area contributed by atoms with Gasteiger partial charge in [-0.1, -0.05) is 43.3 Å². The molecular weight excluding hydrogens is 354 g/mol. The van der Waals surface area contributed by atoms with E-state index in [1.807, 2.05) is 36.4 Å². The van der Waals surface area contributed by atoms with E-state index < -0.39 is 0 Å². The quantitative estimate of drug-likeness (QED) is 0.684. The van der Waals surface area contributed by atoms with Gasteiger partial charge in [0, 0.05) is 25.6 Å². The molecule has 1 N–H and O–H groups in total.